The van der Waals surface area contributed by atoms with Gasteiger partial charge in [-0.25, -0.2) is 4.39 Å². The highest BCUT2D eigenvalue weighted by atomic mass is 19.1. The summed E-state index contributed by atoms with van der Waals surface area (Å²) < 4.78 is 14.0. The molecule has 0 bridgehead atoms. The molecule has 4 unspecified atom stereocenters. The van der Waals surface area contributed by atoms with Crippen LogP contribution in [0, 0.1) is 17.7 Å². The van der Waals surface area contributed by atoms with Crippen LogP contribution in [0.25, 0.3) is 0 Å². The van der Waals surface area contributed by atoms with E-state index in [4.69, 9.17) is 0 Å². The number of halogens is 1. The number of nitrogens with one attached hydrogen (secondary N) is 1. The molecule has 4 atom stereocenters. The lowest BCUT2D eigenvalue weighted by Gasteiger charge is -2.28. The highest BCUT2D eigenvalue weighted by molar-refractivity contribution is 5.21. The van der Waals surface area contributed by atoms with Gasteiger partial charge in [0.2, 0.25) is 0 Å². The van der Waals surface area contributed by atoms with Gasteiger partial charge in [0.25, 0.3) is 0 Å². The van der Waals surface area contributed by atoms with E-state index >= 15 is 0 Å². The monoisotopic (exact) mass is 294 g/mol. The average Bonchev–Trinajstić information content (AvgIpc) is 2.90. The Kier molecular flexibility index (Phi) is 5.73. The molecule has 0 amide bonds. The zero-order valence-electron chi connectivity index (χ0n) is 13.2. The number of hydrogen-bond acceptors (Lipinski definition) is 3. The molecule has 0 spiro atoms. The molecule has 0 aliphatic carbocycles. The number of rotatable bonds is 6. The third-order valence-corrected chi connectivity index (χ3v) is 4.66. The van der Waals surface area contributed by atoms with Crippen LogP contribution in [0.4, 0.5) is 4.39 Å². The van der Waals surface area contributed by atoms with E-state index in [-0.39, 0.29) is 18.0 Å². The van der Waals surface area contributed by atoms with Crippen LogP contribution in [0.5, 0.6) is 0 Å². The van der Waals surface area contributed by atoms with Gasteiger partial charge in [0.1, 0.15) is 5.82 Å². The molecule has 1 saturated heterocycles. The van der Waals surface area contributed by atoms with Crippen molar-refractivity contribution in [1.82, 2.24) is 10.2 Å². The molecule has 0 saturated carbocycles. The molecule has 1 aromatic rings. The van der Waals surface area contributed by atoms with Gasteiger partial charge in [0, 0.05) is 24.7 Å². The van der Waals surface area contributed by atoms with Crippen LogP contribution in [0.1, 0.15) is 31.9 Å². The number of likely N-dealkylation sites (tertiary alicyclic amines) is 1. The minimum atomic E-state index is -0.239. The SMILES string of the molecule is CNC(c1ccccc1F)C(C)CN1CCC(C(C)O)C1. The molecular formula is C17H27FN2O. The second-order valence-electron chi connectivity index (χ2n) is 6.31. The van der Waals surface area contributed by atoms with Crippen LogP contribution in [0.2, 0.25) is 0 Å². The fraction of sp³-hybridized carbons (Fsp3) is 0.647. The minimum Gasteiger partial charge on any atom is -0.393 e. The van der Waals surface area contributed by atoms with E-state index in [1.807, 2.05) is 26.1 Å². The summed E-state index contributed by atoms with van der Waals surface area (Å²) in [5.41, 5.74) is 0.735. The van der Waals surface area contributed by atoms with Gasteiger partial charge < -0.3 is 15.3 Å². The van der Waals surface area contributed by atoms with Gasteiger partial charge in [-0.1, -0.05) is 25.1 Å². The summed E-state index contributed by atoms with van der Waals surface area (Å²) >= 11 is 0. The van der Waals surface area contributed by atoms with E-state index < -0.39 is 0 Å². The first-order chi connectivity index (χ1) is 10.0. The van der Waals surface area contributed by atoms with Gasteiger partial charge in [-0.3, -0.25) is 0 Å². The van der Waals surface area contributed by atoms with Crippen molar-refractivity contribution in [2.45, 2.75) is 32.4 Å². The van der Waals surface area contributed by atoms with Crippen LogP contribution in [0.15, 0.2) is 24.3 Å². The zero-order chi connectivity index (χ0) is 15.4. The lowest BCUT2D eigenvalue weighted by atomic mass is 9.93. The Morgan fingerprint density at radius 3 is 2.67 bits per heavy atom. The van der Waals surface area contributed by atoms with Crippen LogP contribution >= 0.6 is 0 Å². The summed E-state index contributed by atoms with van der Waals surface area (Å²) in [5, 5.41) is 12.9. The standard InChI is InChI=1S/C17H27FN2O/c1-12(10-20-9-8-14(11-20)13(2)21)17(19-3)15-6-4-5-7-16(15)18/h4-7,12-14,17,19,21H,8-11H2,1-3H3. The van der Waals surface area contributed by atoms with Crippen molar-refractivity contribution in [1.29, 1.82) is 0 Å². The third kappa shape index (κ3) is 4.02. The summed E-state index contributed by atoms with van der Waals surface area (Å²) in [7, 11) is 1.89. The Morgan fingerprint density at radius 1 is 1.38 bits per heavy atom. The first-order valence-corrected chi connectivity index (χ1v) is 7.85. The molecule has 0 radical (unpaired) electrons. The summed E-state index contributed by atoms with van der Waals surface area (Å²) in [6.07, 6.45) is 0.811. The largest absolute Gasteiger partial charge is 0.393 e. The smallest absolute Gasteiger partial charge is 0.127 e. The molecule has 0 aromatic heterocycles. The maximum absolute atomic E-state index is 14.0. The van der Waals surface area contributed by atoms with E-state index in [0.29, 0.717) is 11.8 Å². The van der Waals surface area contributed by atoms with Gasteiger partial charge in [-0.15, -0.1) is 0 Å². The molecule has 1 fully saturated rings. The maximum Gasteiger partial charge on any atom is 0.127 e. The lowest BCUT2D eigenvalue weighted by Crippen LogP contribution is -2.34. The van der Waals surface area contributed by atoms with E-state index in [9.17, 15) is 9.50 Å². The Bertz CT molecular complexity index is 452. The Hall–Kier alpha value is -0.970. The molecule has 3 nitrogen and oxygen atoms in total. The molecule has 1 aliphatic rings. The summed E-state index contributed by atoms with van der Waals surface area (Å²) in [5.74, 6) is 0.533. The van der Waals surface area contributed by atoms with Gasteiger partial charge in [-0.05, 0) is 44.8 Å². The van der Waals surface area contributed by atoms with E-state index in [2.05, 4.69) is 17.1 Å². The predicted molar refractivity (Wildman–Crippen MR) is 83.6 cm³/mol. The fourth-order valence-corrected chi connectivity index (χ4v) is 3.41. The Labute approximate surface area is 127 Å². The van der Waals surface area contributed by atoms with Crippen molar-refractivity contribution in [3.63, 3.8) is 0 Å². The van der Waals surface area contributed by atoms with Crippen LogP contribution < -0.4 is 5.32 Å². The fourth-order valence-electron chi connectivity index (χ4n) is 3.41. The highest BCUT2D eigenvalue weighted by Gasteiger charge is 2.29. The van der Waals surface area contributed by atoms with Crippen molar-refractivity contribution in [2.24, 2.45) is 11.8 Å². The first-order valence-electron chi connectivity index (χ1n) is 7.85. The van der Waals surface area contributed by atoms with E-state index in [0.717, 1.165) is 31.6 Å². The highest BCUT2D eigenvalue weighted by Crippen LogP contribution is 2.27. The van der Waals surface area contributed by atoms with Gasteiger partial charge in [0.15, 0.2) is 0 Å². The number of aliphatic hydroxyl groups is 1. The summed E-state index contributed by atoms with van der Waals surface area (Å²) in [6, 6.07) is 7.00. The number of aliphatic hydroxyl groups excluding tert-OH is 1. The number of benzene rings is 1. The van der Waals surface area contributed by atoms with Crippen molar-refractivity contribution < 1.29 is 9.50 Å². The summed E-state index contributed by atoms with van der Waals surface area (Å²) in [4.78, 5) is 2.38. The Balaban J connectivity index is 1.98. The number of nitrogens with zero attached hydrogens (tertiary/aromatic N) is 1. The molecule has 118 valence electrons. The van der Waals surface area contributed by atoms with Crippen LogP contribution in [0.3, 0.4) is 0 Å². The van der Waals surface area contributed by atoms with E-state index in [1.165, 1.54) is 6.07 Å². The van der Waals surface area contributed by atoms with Gasteiger partial charge >= 0.3 is 0 Å². The zero-order valence-corrected chi connectivity index (χ0v) is 13.2. The number of hydrogen-bond donors (Lipinski definition) is 2. The molecule has 1 aromatic carbocycles. The molecule has 1 heterocycles. The molecular weight excluding hydrogens is 267 g/mol. The van der Waals surface area contributed by atoms with Crippen molar-refractivity contribution >= 4 is 0 Å². The Morgan fingerprint density at radius 2 is 2.10 bits per heavy atom. The van der Waals surface area contributed by atoms with Crippen molar-refractivity contribution in [2.75, 3.05) is 26.7 Å². The van der Waals surface area contributed by atoms with Gasteiger partial charge in [-0.2, -0.15) is 0 Å². The molecule has 2 N–H and O–H groups in total. The molecule has 2 rings (SSSR count). The average molecular weight is 294 g/mol. The van der Waals surface area contributed by atoms with Crippen LogP contribution in [-0.2, 0) is 0 Å². The lowest BCUT2D eigenvalue weighted by molar-refractivity contribution is 0.125. The third-order valence-electron chi connectivity index (χ3n) is 4.66. The van der Waals surface area contributed by atoms with Crippen molar-refractivity contribution in [3.8, 4) is 0 Å². The quantitative estimate of drug-likeness (QED) is 0.846. The first kappa shape index (κ1) is 16.4. The topological polar surface area (TPSA) is 35.5 Å². The van der Waals surface area contributed by atoms with Gasteiger partial charge in [0.05, 0.1) is 6.10 Å². The van der Waals surface area contributed by atoms with E-state index in [1.54, 1.807) is 6.07 Å². The molecule has 21 heavy (non-hydrogen) atoms. The minimum absolute atomic E-state index is 0.0109. The summed E-state index contributed by atoms with van der Waals surface area (Å²) in [6.45, 7) is 6.91. The predicted octanol–water partition coefficient (Wildman–Crippen LogP) is 2.43. The second-order valence-corrected chi connectivity index (χ2v) is 6.31. The second kappa shape index (κ2) is 7.34. The molecule has 1 aliphatic heterocycles. The maximum atomic E-state index is 14.0. The van der Waals surface area contributed by atoms with Crippen LogP contribution in [-0.4, -0.2) is 42.8 Å². The van der Waals surface area contributed by atoms with Crippen molar-refractivity contribution in [3.05, 3.63) is 35.6 Å². The molecule has 4 heteroatoms. The normalized spacial score (nSPS) is 24.0.